The van der Waals surface area contributed by atoms with Crippen molar-refractivity contribution < 1.29 is 4.74 Å². The van der Waals surface area contributed by atoms with E-state index in [1.807, 2.05) is 30.5 Å². The maximum absolute atomic E-state index is 5.68. The average molecular weight is 214 g/mol. The molecular formula is C13H14N2O. The summed E-state index contributed by atoms with van der Waals surface area (Å²) in [6.45, 7) is 0. The Balaban J connectivity index is 2.20. The van der Waals surface area contributed by atoms with Crippen molar-refractivity contribution in [2.24, 2.45) is 0 Å². The van der Waals surface area contributed by atoms with E-state index in [0.29, 0.717) is 5.69 Å². The normalized spacial score (nSPS) is 10.1. The van der Waals surface area contributed by atoms with E-state index in [0.717, 1.165) is 17.7 Å². The van der Waals surface area contributed by atoms with Gasteiger partial charge in [0, 0.05) is 12.4 Å². The van der Waals surface area contributed by atoms with Gasteiger partial charge in [0.05, 0.1) is 12.8 Å². The van der Waals surface area contributed by atoms with Crippen molar-refractivity contribution in [1.29, 1.82) is 0 Å². The minimum absolute atomic E-state index is 0.695. The Bertz CT molecular complexity index is 483. The molecule has 0 radical (unpaired) electrons. The van der Waals surface area contributed by atoms with Crippen LogP contribution in [0.5, 0.6) is 5.75 Å². The Labute approximate surface area is 94.9 Å². The molecule has 0 aliphatic rings. The van der Waals surface area contributed by atoms with Gasteiger partial charge < -0.3 is 10.5 Å². The summed E-state index contributed by atoms with van der Waals surface area (Å²) in [4.78, 5) is 4.07. The van der Waals surface area contributed by atoms with Crippen LogP contribution in [0.2, 0.25) is 0 Å². The Hall–Kier alpha value is -2.03. The van der Waals surface area contributed by atoms with Crippen LogP contribution in [0.15, 0.2) is 42.7 Å². The fourth-order valence-electron chi connectivity index (χ4n) is 1.62. The molecule has 0 bridgehead atoms. The first-order valence-corrected chi connectivity index (χ1v) is 5.10. The minimum atomic E-state index is 0.695. The quantitative estimate of drug-likeness (QED) is 0.852. The van der Waals surface area contributed by atoms with Crippen molar-refractivity contribution in [3.63, 3.8) is 0 Å². The molecule has 0 atom stereocenters. The zero-order valence-corrected chi connectivity index (χ0v) is 9.18. The largest absolute Gasteiger partial charge is 0.497 e. The third-order valence-corrected chi connectivity index (χ3v) is 2.36. The van der Waals surface area contributed by atoms with Gasteiger partial charge in [-0.2, -0.15) is 0 Å². The van der Waals surface area contributed by atoms with Gasteiger partial charge in [0.1, 0.15) is 5.75 Å². The second-order valence-electron chi connectivity index (χ2n) is 3.65. The predicted octanol–water partition coefficient (Wildman–Crippen LogP) is 2.26. The molecule has 0 saturated heterocycles. The monoisotopic (exact) mass is 214 g/mol. The molecule has 3 heteroatoms. The van der Waals surface area contributed by atoms with Crippen LogP contribution in [0.25, 0.3) is 0 Å². The molecule has 0 spiro atoms. The number of benzene rings is 1. The highest BCUT2D eigenvalue weighted by molar-refractivity contribution is 5.39. The number of methoxy groups -OCH3 is 1. The lowest BCUT2D eigenvalue weighted by Gasteiger charge is -2.04. The van der Waals surface area contributed by atoms with Crippen molar-refractivity contribution in [1.82, 2.24) is 4.98 Å². The summed E-state index contributed by atoms with van der Waals surface area (Å²) in [5.74, 6) is 0.870. The van der Waals surface area contributed by atoms with E-state index >= 15 is 0 Å². The molecule has 0 aliphatic carbocycles. The lowest BCUT2D eigenvalue weighted by molar-refractivity contribution is 0.414. The number of nitrogens with zero attached hydrogens (tertiary/aromatic N) is 1. The van der Waals surface area contributed by atoms with Gasteiger partial charge in [-0.3, -0.25) is 4.98 Å². The zero-order chi connectivity index (χ0) is 11.4. The van der Waals surface area contributed by atoms with Gasteiger partial charge in [-0.15, -0.1) is 0 Å². The van der Waals surface area contributed by atoms with E-state index in [2.05, 4.69) is 11.1 Å². The van der Waals surface area contributed by atoms with Gasteiger partial charge in [-0.1, -0.05) is 12.1 Å². The number of pyridine rings is 1. The van der Waals surface area contributed by atoms with Crippen molar-refractivity contribution in [2.75, 3.05) is 12.8 Å². The number of aromatic nitrogens is 1. The number of hydrogen-bond donors (Lipinski definition) is 1. The SMILES string of the molecule is COc1cccc(Cc2cncc(N)c2)c1. The lowest BCUT2D eigenvalue weighted by Crippen LogP contribution is -1.93. The van der Waals surface area contributed by atoms with Crippen LogP contribution in [0.3, 0.4) is 0 Å². The minimum Gasteiger partial charge on any atom is -0.497 e. The summed E-state index contributed by atoms with van der Waals surface area (Å²) < 4.78 is 5.18. The van der Waals surface area contributed by atoms with Crippen molar-refractivity contribution in [3.05, 3.63) is 53.9 Å². The van der Waals surface area contributed by atoms with Crippen LogP contribution in [0.4, 0.5) is 5.69 Å². The predicted molar refractivity (Wildman–Crippen MR) is 64.4 cm³/mol. The van der Waals surface area contributed by atoms with Gasteiger partial charge in [0.15, 0.2) is 0 Å². The topological polar surface area (TPSA) is 48.1 Å². The second kappa shape index (κ2) is 4.66. The molecule has 1 aromatic heterocycles. The fraction of sp³-hybridized carbons (Fsp3) is 0.154. The van der Waals surface area contributed by atoms with Crippen LogP contribution >= 0.6 is 0 Å². The maximum Gasteiger partial charge on any atom is 0.119 e. The molecule has 1 heterocycles. The van der Waals surface area contributed by atoms with Crippen molar-refractivity contribution in [2.45, 2.75) is 6.42 Å². The molecular weight excluding hydrogens is 200 g/mol. The van der Waals surface area contributed by atoms with Gasteiger partial charge in [-0.05, 0) is 35.7 Å². The van der Waals surface area contributed by atoms with E-state index in [-0.39, 0.29) is 0 Å². The van der Waals surface area contributed by atoms with E-state index in [4.69, 9.17) is 10.5 Å². The van der Waals surface area contributed by atoms with Gasteiger partial charge in [-0.25, -0.2) is 0 Å². The lowest BCUT2D eigenvalue weighted by atomic mass is 10.1. The van der Waals surface area contributed by atoms with Gasteiger partial charge in [0.2, 0.25) is 0 Å². The summed E-state index contributed by atoms with van der Waals surface area (Å²) in [7, 11) is 1.67. The molecule has 3 nitrogen and oxygen atoms in total. The highest BCUT2D eigenvalue weighted by atomic mass is 16.5. The number of ether oxygens (including phenoxy) is 1. The highest BCUT2D eigenvalue weighted by Gasteiger charge is 1.99. The van der Waals surface area contributed by atoms with Crippen LogP contribution in [0.1, 0.15) is 11.1 Å². The summed E-state index contributed by atoms with van der Waals surface area (Å²) in [6, 6.07) is 9.93. The number of hydrogen-bond acceptors (Lipinski definition) is 3. The molecule has 0 fully saturated rings. The summed E-state index contributed by atoms with van der Waals surface area (Å²) in [5.41, 5.74) is 8.67. The van der Waals surface area contributed by atoms with Gasteiger partial charge >= 0.3 is 0 Å². The first-order valence-electron chi connectivity index (χ1n) is 5.10. The van der Waals surface area contributed by atoms with Crippen LogP contribution in [-0.4, -0.2) is 12.1 Å². The highest BCUT2D eigenvalue weighted by Crippen LogP contribution is 2.16. The molecule has 16 heavy (non-hydrogen) atoms. The Kier molecular flexibility index (Phi) is 3.05. The van der Waals surface area contributed by atoms with E-state index < -0.39 is 0 Å². The molecule has 2 rings (SSSR count). The Morgan fingerprint density at radius 2 is 2.06 bits per heavy atom. The Morgan fingerprint density at radius 3 is 2.81 bits per heavy atom. The number of rotatable bonds is 3. The van der Waals surface area contributed by atoms with E-state index in [1.54, 1.807) is 13.3 Å². The summed E-state index contributed by atoms with van der Waals surface area (Å²) in [5, 5.41) is 0. The molecule has 0 amide bonds. The molecule has 2 aromatic rings. The molecule has 2 N–H and O–H groups in total. The van der Waals surface area contributed by atoms with Crippen molar-refractivity contribution in [3.8, 4) is 5.75 Å². The van der Waals surface area contributed by atoms with Gasteiger partial charge in [0.25, 0.3) is 0 Å². The second-order valence-corrected chi connectivity index (χ2v) is 3.65. The molecule has 82 valence electrons. The number of nitrogen functional groups attached to an aromatic ring is 1. The van der Waals surface area contributed by atoms with Crippen LogP contribution in [-0.2, 0) is 6.42 Å². The average Bonchev–Trinajstić information content (AvgIpc) is 2.29. The third kappa shape index (κ3) is 2.51. The third-order valence-electron chi connectivity index (χ3n) is 2.36. The maximum atomic E-state index is 5.68. The van der Waals surface area contributed by atoms with E-state index in [1.165, 1.54) is 5.56 Å². The van der Waals surface area contributed by atoms with E-state index in [9.17, 15) is 0 Å². The number of nitrogens with two attached hydrogens (primary N) is 1. The Morgan fingerprint density at radius 1 is 1.19 bits per heavy atom. The standard InChI is InChI=1S/C13H14N2O/c1-16-13-4-2-3-10(7-13)5-11-6-12(14)9-15-8-11/h2-4,6-9H,5,14H2,1H3. The molecule has 0 unspecified atom stereocenters. The molecule has 0 aliphatic heterocycles. The molecule has 1 aromatic carbocycles. The smallest absolute Gasteiger partial charge is 0.119 e. The summed E-state index contributed by atoms with van der Waals surface area (Å²) in [6.07, 6.45) is 4.29. The zero-order valence-electron chi connectivity index (χ0n) is 9.18. The number of anilines is 1. The first-order chi connectivity index (χ1) is 7.78. The fourth-order valence-corrected chi connectivity index (χ4v) is 1.62. The van der Waals surface area contributed by atoms with Crippen molar-refractivity contribution >= 4 is 5.69 Å². The van der Waals surface area contributed by atoms with Crippen LogP contribution in [0, 0.1) is 0 Å². The summed E-state index contributed by atoms with van der Waals surface area (Å²) >= 11 is 0. The molecule has 0 saturated carbocycles. The first kappa shape index (κ1) is 10.5. The van der Waals surface area contributed by atoms with Crippen LogP contribution < -0.4 is 10.5 Å².